The lowest BCUT2D eigenvalue weighted by molar-refractivity contribution is 0.275. The van der Waals surface area contributed by atoms with E-state index < -0.39 is 0 Å². The zero-order valence-corrected chi connectivity index (χ0v) is 16.8. The van der Waals surface area contributed by atoms with E-state index in [9.17, 15) is 0 Å². The van der Waals surface area contributed by atoms with E-state index in [1.54, 1.807) is 0 Å². The number of nitrogens with zero attached hydrogens (tertiary/aromatic N) is 3. The molecule has 0 spiro atoms. The van der Waals surface area contributed by atoms with Gasteiger partial charge in [-0.25, -0.2) is 4.98 Å². The molecular weight excluding hydrogens is 334 g/mol. The molecule has 0 aromatic carbocycles. The highest BCUT2D eigenvalue weighted by atomic mass is 15.2. The van der Waals surface area contributed by atoms with Gasteiger partial charge in [0.05, 0.1) is 0 Å². The van der Waals surface area contributed by atoms with E-state index in [1.165, 1.54) is 83.5 Å². The molecule has 1 aliphatic heterocycles. The molecule has 27 heavy (non-hydrogen) atoms. The molecule has 0 radical (unpaired) electrons. The van der Waals surface area contributed by atoms with Gasteiger partial charge in [0.25, 0.3) is 0 Å². The van der Waals surface area contributed by atoms with E-state index in [0.29, 0.717) is 12.1 Å². The van der Waals surface area contributed by atoms with Gasteiger partial charge in [-0.3, -0.25) is 0 Å². The summed E-state index contributed by atoms with van der Waals surface area (Å²) in [6.07, 6.45) is 19.3. The molecule has 2 N–H and O–H groups in total. The van der Waals surface area contributed by atoms with Crippen LogP contribution in [-0.2, 0) is 0 Å². The summed E-state index contributed by atoms with van der Waals surface area (Å²) in [7, 11) is 0. The molecule has 2 saturated carbocycles. The molecule has 1 aromatic rings. The maximum Gasteiger partial charge on any atom is 0.224 e. The van der Waals surface area contributed by atoms with Crippen molar-refractivity contribution in [3.05, 3.63) is 12.3 Å². The molecule has 2 aliphatic carbocycles. The maximum atomic E-state index is 4.89. The van der Waals surface area contributed by atoms with Gasteiger partial charge < -0.3 is 15.5 Å². The molecule has 0 unspecified atom stereocenters. The van der Waals surface area contributed by atoms with E-state index in [-0.39, 0.29) is 0 Å². The molecule has 5 nitrogen and oxygen atoms in total. The zero-order chi connectivity index (χ0) is 18.3. The monoisotopic (exact) mass is 371 g/mol. The Hall–Kier alpha value is -1.36. The fourth-order valence-electron chi connectivity index (χ4n) is 5.14. The van der Waals surface area contributed by atoms with Crippen molar-refractivity contribution in [1.29, 1.82) is 0 Å². The summed E-state index contributed by atoms with van der Waals surface area (Å²) in [5.41, 5.74) is 0. The van der Waals surface area contributed by atoms with Crippen molar-refractivity contribution in [2.24, 2.45) is 0 Å². The average molecular weight is 372 g/mol. The number of nitrogens with one attached hydrogen (secondary N) is 2. The van der Waals surface area contributed by atoms with Crippen LogP contribution >= 0.6 is 0 Å². The molecule has 2 atom stereocenters. The first-order valence-electron chi connectivity index (χ1n) is 11.5. The lowest BCUT2D eigenvalue weighted by atomic mass is 9.87. The molecule has 150 valence electrons. The van der Waals surface area contributed by atoms with Crippen molar-refractivity contribution in [1.82, 2.24) is 15.3 Å². The molecule has 1 aromatic heterocycles. The van der Waals surface area contributed by atoms with Crippen molar-refractivity contribution in [3.63, 3.8) is 0 Å². The van der Waals surface area contributed by atoms with Crippen LogP contribution in [-0.4, -0.2) is 41.2 Å². The zero-order valence-electron chi connectivity index (χ0n) is 16.8. The Labute approximate surface area is 164 Å². The maximum absolute atomic E-state index is 4.89. The molecule has 0 amide bonds. The van der Waals surface area contributed by atoms with Crippen molar-refractivity contribution in [2.45, 2.75) is 102 Å². The molecule has 2 heterocycles. The second kappa shape index (κ2) is 9.72. The summed E-state index contributed by atoms with van der Waals surface area (Å²) in [4.78, 5) is 11.9. The normalized spacial score (nSPS) is 27.9. The fraction of sp³-hybridized carbons (Fsp3) is 0.818. The first-order chi connectivity index (χ1) is 13.4. The highest BCUT2D eigenvalue weighted by molar-refractivity contribution is 5.43. The van der Waals surface area contributed by atoms with Crippen LogP contribution in [0.15, 0.2) is 12.3 Å². The van der Waals surface area contributed by atoms with Gasteiger partial charge in [-0.15, -0.1) is 0 Å². The Morgan fingerprint density at radius 2 is 1.44 bits per heavy atom. The van der Waals surface area contributed by atoms with E-state index in [1.807, 2.05) is 6.20 Å². The topological polar surface area (TPSA) is 53.1 Å². The molecule has 0 bridgehead atoms. The van der Waals surface area contributed by atoms with Crippen molar-refractivity contribution < 1.29 is 0 Å². The van der Waals surface area contributed by atoms with Crippen molar-refractivity contribution in [2.75, 3.05) is 23.3 Å². The van der Waals surface area contributed by atoms with Gasteiger partial charge in [-0.2, -0.15) is 4.98 Å². The minimum Gasteiger partial charge on any atom is -0.356 e. The van der Waals surface area contributed by atoms with Crippen LogP contribution in [0.1, 0.15) is 83.5 Å². The van der Waals surface area contributed by atoms with Crippen molar-refractivity contribution in [3.8, 4) is 0 Å². The van der Waals surface area contributed by atoms with E-state index >= 15 is 0 Å². The molecule has 5 heteroatoms. The predicted molar refractivity (Wildman–Crippen MR) is 112 cm³/mol. The van der Waals surface area contributed by atoms with Crippen molar-refractivity contribution >= 4 is 11.8 Å². The number of hydrogen-bond acceptors (Lipinski definition) is 5. The highest BCUT2D eigenvalue weighted by Gasteiger charge is 2.28. The van der Waals surface area contributed by atoms with Crippen LogP contribution in [0.2, 0.25) is 0 Å². The van der Waals surface area contributed by atoms with Gasteiger partial charge in [-0.1, -0.05) is 44.9 Å². The summed E-state index contributed by atoms with van der Waals surface area (Å²) < 4.78 is 0. The summed E-state index contributed by atoms with van der Waals surface area (Å²) in [5.74, 6) is 1.92. The average Bonchev–Trinajstić information content (AvgIpc) is 3.00. The van der Waals surface area contributed by atoms with E-state index in [2.05, 4.69) is 26.6 Å². The van der Waals surface area contributed by atoms with E-state index in [4.69, 9.17) is 4.98 Å². The molecule has 3 aliphatic rings. The number of rotatable bonds is 5. The Kier molecular flexibility index (Phi) is 6.83. The quantitative estimate of drug-likeness (QED) is 0.798. The Morgan fingerprint density at radius 1 is 0.778 bits per heavy atom. The molecular formula is C22H37N5. The molecule has 3 fully saturated rings. The third-order valence-corrected chi connectivity index (χ3v) is 6.71. The predicted octanol–water partition coefficient (Wildman–Crippen LogP) is 4.50. The van der Waals surface area contributed by atoms with Crippen LogP contribution in [0.5, 0.6) is 0 Å². The third-order valence-electron chi connectivity index (χ3n) is 6.71. The lowest BCUT2D eigenvalue weighted by Gasteiger charge is -2.37. The van der Waals surface area contributed by atoms with Crippen LogP contribution < -0.4 is 15.5 Å². The number of aromatic nitrogens is 2. The fourth-order valence-corrected chi connectivity index (χ4v) is 5.14. The summed E-state index contributed by atoms with van der Waals surface area (Å²) in [5, 5.41) is 7.69. The van der Waals surface area contributed by atoms with Crippen LogP contribution in [0.25, 0.3) is 0 Å². The first kappa shape index (κ1) is 19.0. The van der Waals surface area contributed by atoms with Crippen LogP contribution in [0.4, 0.5) is 11.8 Å². The summed E-state index contributed by atoms with van der Waals surface area (Å²) in [6, 6.07) is 3.82. The first-order valence-corrected chi connectivity index (χ1v) is 11.5. The third kappa shape index (κ3) is 5.34. The van der Waals surface area contributed by atoms with Crippen LogP contribution in [0.3, 0.4) is 0 Å². The SMILES string of the molecule is c1cc(N2CCCCCC2)nc(N[C@@H]2CCCC[C@@H]2NC2CCCCC2)n1. The highest BCUT2D eigenvalue weighted by Crippen LogP contribution is 2.25. The van der Waals surface area contributed by atoms with E-state index in [0.717, 1.165) is 30.9 Å². The number of hydrogen-bond donors (Lipinski definition) is 2. The second-order valence-electron chi connectivity index (χ2n) is 8.78. The number of anilines is 2. The second-order valence-corrected chi connectivity index (χ2v) is 8.78. The van der Waals surface area contributed by atoms with Gasteiger partial charge in [0.2, 0.25) is 5.95 Å². The summed E-state index contributed by atoms with van der Waals surface area (Å²) in [6.45, 7) is 2.26. The van der Waals surface area contributed by atoms with Gasteiger partial charge in [0, 0.05) is 37.4 Å². The minimum absolute atomic E-state index is 0.458. The Morgan fingerprint density at radius 3 is 2.22 bits per heavy atom. The Bertz CT molecular complexity index is 564. The molecule has 1 saturated heterocycles. The van der Waals surface area contributed by atoms with Gasteiger partial charge in [0.15, 0.2) is 0 Å². The standard InChI is InChI=1S/C22H37N5/c1-2-9-17-27(16-8-1)21-14-15-23-22(26-21)25-20-13-7-6-12-19(20)24-18-10-4-3-5-11-18/h14-15,18-20,24H,1-13,16-17H2,(H,23,25,26)/t19-,20+/m0/s1. The smallest absolute Gasteiger partial charge is 0.224 e. The summed E-state index contributed by atoms with van der Waals surface area (Å²) >= 11 is 0. The Balaban J connectivity index is 1.39. The minimum atomic E-state index is 0.458. The van der Waals surface area contributed by atoms with Crippen LogP contribution in [0, 0.1) is 0 Å². The van der Waals surface area contributed by atoms with Gasteiger partial charge in [-0.05, 0) is 44.6 Å². The molecule has 4 rings (SSSR count). The van der Waals surface area contributed by atoms with Gasteiger partial charge in [0.1, 0.15) is 5.82 Å². The van der Waals surface area contributed by atoms with Gasteiger partial charge >= 0.3 is 0 Å². The lowest BCUT2D eigenvalue weighted by Crippen LogP contribution is -2.50. The largest absolute Gasteiger partial charge is 0.356 e.